The second-order valence-electron chi connectivity index (χ2n) is 3.43. The second kappa shape index (κ2) is 6.81. The lowest BCUT2D eigenvalue weighted by molar-refractivity contribution is 0.275. The molecule has 8 heteroatoms. The highest BCUT2D eigenvalue weighted by atomic mass is 79.9. The maximum absolute atomic E-state index is 11.7. The van der Waals surface area contributed by atoms with E-state index in [0.29, 0.717) is 13.0 Å². The van der Waals surface area contributed by atoms with E-state index in [-0.39, 0.29) is 13.2 Å². The van der Waals surface area contributed by atoms with Gasteiger partial charge in [-0.05, 0) is 34.5 Å². The molecule has 0 saturated carbocycles. The van der Waals surface area contributed by atoms with Crippen LogP contribution in [0.25, 0.3) is 0 Å². The minimum Gasteiger partial charge on any atom is -0.396 e. The van der Waals surface area contributed by atoms with Crippen LogP contribution in [0.5, 0.6) is 0 Å². The largest absolute Gasteiger partial charge is 0.396 e. The predicted octanol–water partition coefficient (Wildman–Crippen LogP) is 1.16. The van der Waals surface area contributed by atoms with Crippen LogP contribution in [-0.2, 0) is 16.8 Å². The normalized spacial score (nSPS) is 12.2. The summed E-state index contributed by atoms with van der Waals surface area (Å²) in [7, 11) is -1.97. The van der Waals surface area contributed by atoms with Crippen LogP contribution < -0.4 is 4.72 Å². The van der Waals surface area contributed by atoms with Crippen molar-refractivity contribution < 1.29 is 13.5 Å². The smallest absolute Gasteiger partial charge is 0.279 e. The summed E-state index contributed by atoms with van der Waals surface area (Å²) < 4.78 is 28.2. The Bertz CT molecular complexity index is 447. The zero-order valence-electron chi connectivity index (χ0n) is 9.39. The molecular formula is C9H15BrN2O3S2. The summed E-state index contributed by atoms with van der Waals surface area (Å²) in [5.41, 5.74) is 0. The van der Waals surface area contributed by atoms with Crippen molar-refractivity contribution in [1.82, 2.24) is 9.03 Å². The van der Waals surface area contributed by atoms with Gasteiger partial charge in [0.05, 0.1) is 3.79 Å². The number of aliphatic hydroxyl groups is 1. The van der Waals surface area contributed by atoms with Crippen LogP contribution in [0.2, 0.25) is 0 Å². The van der Waals surface area contributed by atoms with Crippen molar-refractivity contribution in [2.45, 2.75) is 13.0 Å². The van der Waals surface area contributed by atoms with E-state index in [1.54, 1.807) is 0 Å². The summed E-state index contributed by atoms with van der Waals surface area (Å²) in [5.74, 6) is 0. The van der Waals surface area contributed by atoms with Crippen molar-refractivity contribution in [1.29, 1.82) is 0 Å². The standard InChI is InChI=1S/C9H15BrN2O3S2/c1-12(5-2-6-13)17(14,15)11-7-8-3-4-9(10)16-8/h3-4,11,13H,2,5-7H2,1H3. The predicted molar refractivity (Wildman–Crippen MR) is 72.1 cm³/mol. The zero-order chi connectivity index (χ0) is 12.9. The zero-order valence-corrected chi connectivity index (χ0v) is 12.6. The molecule has 5 nitrogen and oxygen atoms in total. The number of hydrogen-bond donors (Lipinski definition) is 2. The van der Waals surface area contributed by atoms with Crippen molar-refractivity contribution in [2.24, 2.45) is 0 Å². The van der Waals surface area contributed by atoms with Gasteiger partial charge >= 0.3 is 0 Å². The molecule has 1 heterocycles. The average molecular weight is 343 g/mol. The van der Waals surface area contributed by atoms with Gasteiger partial charge in [0, 0.05) is 31.6 Å². The molecule has 0 atom stereocenters. The van der Waals surface area contributed by atoms with Gasteiger partial charge in [0.15, 0.2) is 0 Å². The average Bonchev–Trinajstić information content (AvgIpc) is 2.69. The molecule has 98 valence electrons. The molecule has 2 N–H and O–H groups in total. The monoisotopic (exact) mass is 342 g/mol. The van der Waals surface area contributed by atoms with Gasteiger partial charge in [-0.1, -0.05) is 0 Å². The SMILES string of the molecule is CN(CCCO)S(=O)(=O)NCc1ccc(Br)s1. The van der Waals surface area contributed by atoms with Crippen LogP contribution in [0.15, 0.2) is 15.9 Å². The summed E-state index contributed by atoms with van der Waals surface area (Å²) in [5, 5.41) is 8.65. The fraction of sp³-hybridized carbons (Fsp3) is 0.556. The van der Waals surface area contributed by atoms with Gasteiger partial charge in [-0.2, -0.15) is 17.4 Å². The molecule has 0 radical (unpaired) electrons. The Morgan fingerprint density at radius 1 is 1.53 bits per heavy atom. The third-order valence-electron chi connectivity index (χ3n) is 2.10. The van der Waals surface area contributed by atoms with Crippen LogP contribution in [0.1, 0.15) is 11.3 Å². The lowest BCUT2D eigenvalue weighted by atomic mass is 10.5. The first-order chi connectivity index (χ1) is 7.95. The first-order valence-electron chi connectivity index (χ1n) is 5.01. The Labute approximate surface area is 114 Å². The maximum atomic E-state index is 11.7. The molecule has 0 spiro atoms. The molecule has 0 saturated heterocycles. The van der Waals surface area contributed by atoms with E-state index >= 15 is 0 Å². The van der Waals surface area contributed by atoms with E-state index < -0.39 is 10.2 Å². The molecule has 1 aromatic heterocycles. The van der Waals surface area contributed by atoms with E-state index in [9.17, 15) is 8.42 Å². The Kier molecular flexibility index (Phi) is 6.04. The molecule has 0 aromatic carbocycles. The highest BCUT2D eigenvalue weighted by Crippen LogP contribution is 2.21. The molecule has 0 fully saturated rings. The van der Waals surface area contributed by atoms with Crippen molar-refractivity contribution in [3.63, 3.8) is 0 Å². The third kappa shape index (κ3) is 5.02. The summed E-state index contributed by atoms with van der Waals surface area (Å²) in [6.45, 7) is 0.569. The van der Waals surface area contributed by atoms with Crippen LogP contribution >= 0.6 is 27.3 Å². The highest BCUT2D eigenvalue weighted by molar-refractivity contribution is 9.11. The number of hydrogen-bond acceptors (Lipinski definition) is 4. The van der Waals surface area contributed by atoms with E-state index in [1.807, 2.05) is 12.1 Å². The van der Waals surface area contributed by atoms with Gasteiger partial charge in [0.25, 0.3) is 10.2 Å². The van der Waals surface area contributed by atoms with Crippen LogP contribution in [0.4, 0.5) is 0 Å². The molecule has 0 unspecified atom stereocenters. The summed E-state index contributed by atoms with van der Waals surface area (Å²) in [6.07, 6.45) is 0.433. The fourth-order valence-corrected chi connectivity index (χ4v) is 3.57. The first-order valence-corrected chi connectivity index (χ1v) is 8.06. The highest BCUT2D eigenvalue weighted by Gasteiger charge is 2.16. The molecule has 1 aromatic rings. The molecule has 1 rings (SSSR count). The minimum atomic E-state index is -3.46. The van der Waals surface area contributed by atoms with E-state index in [4.69, 9.17) is 5.11 Å². The molecule has 0 aliphatic rings. The van der Waals surface area contributed by atoms with Gasteiger partial charge in [-0.15, -0.1) is 11.3 Å². The number of halogens is 1. The molecule has 0 amide bonds. The van der Waals surface area contributed by atoms with Gasteiger partial charge in [-0.3, -0.25) is 0 Å². The van der Waals surface area contributed by atoms with Crippen LogP contribution in [0, 0.1) is 0 Å². The lowest BCUT2D eigenvalue weighted by Crippen LogP contribution is -2.38. The Hall–Kier alpha value is 0.01000. The molecule has 0 aliphatic carbocycles. The molecule has 0 bridgehead atoms. The Morgan fingerprint density at radius 3 is 2.76 bits per heavy atom. The quantitative estimate of drug-likeness (QED) is 0.781. The Balaban J connectivity index is 2.49. The first kappa shape index (κ1) is 15.1. The maximum Gasteiger partial charge on any atom is 0.279 e. The molecular weight excluding hydrogens is 328 g/mol. The van der Waals surface area contributed by atoms with Crippen molar-refractivity contribution >= 4 is 37.5 Å². The van der Waals surface area contributed by atoms with Crippen LogP contribution in [-0.4, -0.2) is 38.0 Å². The Morgan fingerprint density at radius 2 is 2.24 bits per heavy atom. The topological polar surface area (TPSA) is 69.6 Å². The molecule has 17 heavy (non-hydrogen) atoms. The van der Waals surface area contributed by atoms with Crippen molar-refractivity contribution in [3.05, 3.63) is 20.8 Å². The van der Waals surface area contributed by atoms with E-state index in [0.717, 1.165) is 8.66 Å². The summed E-state index contributed by atoms with van der Waals surface area (Å²) >= 11 is 4.81. The fourth-order valence-electron chi connectivity index (χ4n) is 1.13. The second-order valence-corrected chi connectivity index (χ2v) is 7.84. The number of aliphatic hydroxyl groups excluding tert-OH is 1. The van der Waals surface area contributed by atoms with Gasteiger partial charge < -0.3 is 5.11 Å². The number of thiophene rings is 1. The van der Waals surface area contributed by atoms with E-state index in [1.165, 1.54) is 22.7 Å². The van der Waals surface area contributed by atoms with Crippen LogP contribution in [0.3, 0.4) is 0 Å². The third-order valence-corrected chi connectivity index (χ3v) is 5.24. The lowest BCUT2D eigenvalue weighted by Gasteiger charge is -2.16. The van der Waals surface area contributed by atoms with Gasteiger partial charge in [0.1, 0.15) is 0 Å². The summed E-state index contributed by atoms with van der Waals surface area (Å²) in [4.78, 5) is 0.941. The number of nitrogens with one attached hydrogen (secondary N) is 1. The van der Waals surface area contributed by atoms with Gasteiger partial charge in [-0.25, -0.2) is 0 Å². The number of rotatable bonds is 7. The van der Waals surface area contributed by atoms with Crippen molar-refractivity contribution in [3.8, 4) is 0 Å². The number of nitrogens with zero attached hydrogens (tertiary/aromatic N) is 1. The van der Waals surface area contributed by atoms with Gasteiger partial charge in [0.2, 0.25) is 0 Å². The minimum absolute atomic E-state index is 0.0161. The van der Waals surface area contributed by atoms with Crippen molar-refractivity contribution in [2.75, 3.05) is 20.2 Å². The van der Waals surface area contributed by atoms with E-state index in [2.05, 4.69) is 20.7 Å². The summed E-state index contributed by atoms with van der Waals surface area (Å²) in [6, 6.07) is 3.74. The molecule has 0 aliphatic heterocycles.